The van der Waals surface area contributed by atoms with Gasteiger partial charge in [0.2, 0.25) is 0 Å². The quantitative estimate of drug-likeness (QED) is 0.854. The van der Waals surface area contributed by atoms with Crippen LogP contribution in [0, 0.1) is 0 Å². The molecule has 116 valence electrons. The Hall–Kier alpha value is -2.34. The van der Waals surface area contributed by atoms with E-state index >= 15 is 0 Å². The predicted molar refractivity (Wildman–Crippen MR) is 85.4 cm³/mol. The van der Waals surface area contributed by atoms with Gasteiger partial charge in [0.15, 0.2) is 11.0 Å². The van der Waals surface area contributed by atoms with E-state index < -0.39 is 18.1 Å². The molecule has 0 saturated heterocycles. The Kier molecular flexibility index (Phi) is 5.16. The molecule has 7 heteroatoms. The van der Waals surface area contributed by atoms with E-state index in [2.05, 4.69) is 10.3 Å². The molecule has 0 amide bonds. The lowest BCUT2D eigenvalue weighted by Gasteiger charge is -2.15. The molecular weight excluding hydrogens is 306 g/mol. The summed E-state index contributed by atoms with van der Waals surface area (Å²) in [5.74, 6) is -1.06. The molecule has 1 aromatic heterocycles. The van der Waals surface area contributed by atoms with Crippen molar-refractivity contribution in [1.82, 2.24) is 9.55 Å². The Labute approximate surface area is 132 Å². The Balaban J connectivity index is 2.64. The number of carboxylic acids is 1. The zero-order valence-corrected chi connectivity index (χ0v) is 12.8. The number of hydrogen-bond acceptors (Lipinski definition) is 4. The molecule has 0 unspecified atom stereocenters. The maximum absolute atomic E-state index is 12.5. The Morgan fingerprint density at radius 2 is 2.05 bits per heavy atom. The third kappa shape index (κ3) is 3.46. The highest BCUT2D eigenvalue weighted by molar-refractivity contribution is 6.32. The number of aliphatic carboxylic acids is 1. The van der Waals surface area contributed by atoms with E-state index in [4.69, 9.17) is 16.7 Å². The highest BCUT2D eigenvalue weighted by Gasteiger charge is 2.18. The van der Waals surface area contributed by atoms with E-state index in [1.165, 1.54) is 0 Å². The summed E-state index contributed by atoms with van der Waals surface area (Å²) < 4.78 is 1.13. The summed E-state index contributed by atoms with van der Waals surface area (Å²) in [6.45, 7) is 2.02. The molecule has 0 spiro atoms. The Bertz CT molecular complexity index is 729. The van der Waals surface area contributed by atoms with Gasteiger partial charge in [-0.25, -0.2) is 4.98 Å². The summed E-state index contributed by atoms with van der Waals surface area (Å²) in [5, 5.41) is 12.0. The van der Waals surface area contributed by atoms with Gasteiger partial charge in [0.25, 0.3) is 5.56 Å². The zero-order valence-electron chi connectivity index (χ0n) is 12.0. The van der Waals surface area contributed by atoms with Crippen molar-refractivity contribution >= 4 is 23.4 Å². The fraction of sp³-hybridized carbons (Fsp3) is 0.267. The molecule has 2 rings (SSSR count). The molecule has 0 atom stereocenters. The highest BCUT2D eigenvalue weighted by Crippen LogP contribution is 2.26. The van der Waals surface area contributed by atoms with Crippen molar-refractivity contribution in [3.8, 4) is 11.3 Å². The van der Waals surface area contributed by atoms with Crippen LogP contribution in [0.3, 0.4) is 0 Å². The van der Waals surface area contributed by atoms with Crippen molar-refractivity contribution in [2.24, 2.45) is 0 Å². The van der Waals surface area contributed by atoms with Gasteiger partial charge in [0, 0.05) is 12.1 Å². The smallest absolute Gasteiger partial charge is 0.323 e. The van der Waals surface area contributed by atoms with Gasteiger partial charge < -0.3 is 10.4 Å². The van der Waals surface area contributed by atoms with Crippen molar-refractivity contribution in [2.45, 2.75) is 19.9 Å². The molecule has 0 aliphatic heterocycles. The number of halogens is 1. The molecule has 0 radical (unpaired) electrons. The van der Waals surface area contributed by atoms with Crippen LogP contribution in [0.4, 0.5) is 5.82 Å². The van der Waals surface area contributed by atoms with Crippen LogP contribution in [-0.4, -0.2) is 27.2 Å². The van der Waals surface area contributed by atoms with Gasteiger partial charge in [-0.15, -0.1) is 0 Å². The second-order valence-electron chi connectivity index (χ2n) is 4.68. The standard InChI is InChI=1S/C15H16ClN3O3/c1-2-8-17-14-15(22)19(9-11(20)21)12(13(16)18-14)10-6-4-3-5-7-10/h3-7H,2,8-9H2,1H3,(H,17,18)(H,20,21). The molecule has 2 N–H and O–H groups in total. The first-order chi connectivity index (χ1) is 10.5. The third-order valence-corrected chi connectivity index (χ3v) is 3.27. The minimum atomic E-state index is -1.12. The van der Waals surface area contributed by atoms with Crippen LogP contribution in [0.2, 0.25) is 5.15 Å². The maximum atomic E-state index is 12.5. The number of nitrogens with one attached hydrogen (secondary N) is 1. The second kappa shape index (κ2) is 7.09. The number of carbonyl (C=O) groups is 1. The van der Waals surface area contributed by atoms with Gasteiger partial charge in [-0.2, -0.15) is 0 Å². The summed E-state index contributed by atoms with van der Waals surface area (Å²) in [6.07, 6.45) is 0.804. The van der Waals surface area contributed by atoms with Gasteiger partial charge in [0.05, 0.1) is 5.69 Å². The lowest BCUT2D eigenvalue weighted by atomic mass is 10.1. The summed E-state index contributed by atoms with van der Waals surface area (Å²) in [6, 6.07) is 8.89. The molecule has 6 nitrogen and oxygen atoms in total. The first-order valence-electron chi connectivity index (χ1n) is 6.86. The molecule has 0 saturated carbocycles. The second-order valence-corrected chi connectivity index (χ2v) is 5.04. The van der Waals surface area contributed by atoms with Crippen molar-refractivity contribution < 1.29 is 9.90 Å². The number of benzene rings is 1. The van der Waals surface area contributed by atoms with E-state index in [-0.39, 0.29) is 11.0 Å². The predicted octanol–water partition coefficient (Wildman–Crippen LogP) is 2.47. The van der Waals surface area contributed by atoms with Crippen LogP contribution < -0.4 is 10.9 Å². The highest BCUT2D eigenvalue weighted by atomic mass is 35.5. The van der Waals surface area contributed by atoms with Gasteiger partial charge in [-0.3, -0.25) is 14.2 Å². The average Bonchev–Trinajstić information content (AvgIpc) is 2.49. The number of anilines is 1. The summed E-state index contributed by atoms with van der Waals surface area (Å²) in [5.41, 5.74) is 0.441. The van der Waals surface area contributed by atoms with E-state index in [0.29, 0.717) is 17.8 Å². The summed E-state index contributed by atoms with van der Waals surface area (Å²) >= 11 is 6.20. The van der Waals surface area contributed by atoms with Crippen LogP contribution in [-0.2, 0) is 11.3 Å². The zero-order chi connectivity index (χ0) is 16.1. The van der Waals surface area contributed by atoms with Gasteiger partial charge in [-0.1, -0.05) is 48.9 Å². The summed E-state index contributed by atoms with van der Waals surface area (Å²) in [4.78, 5) is 27.7. The molecule has 0 aliphatic rings. The lowest BCUT2D eigenvalue weighted by molar-refractivity contribution is -0.137. The van der Waals surface area contributed by atoms with Gasteiger partial charge in [0.1, 0.15) is 6.54 Å². The van der Waals surface area contributed by atoms with Crippen LogP contribution in [0.15, 0.2) is 35.1 Å². The van der Waals surface area contributed by atoms with Crippen molar-refractivity contribution in [3.63, 3.8) is 0 Å². The molecule has 0 fully saturated rings. The SMILES string of the molecule is CCCNc1nc(Cl)c(-c2ccccc2)n(CC(=O)O)c1=O. The number of nitrogens with zero attached hydrogens (tertiary/aromatic N) is 2. The molecule has 1 heterocycles. The molecule has 0 bridgehead atoms. The van der Waals surface area contributed by atoms with Crippen LogP contribution in [0.1, 0.15) is 13.3 Å². The fourth-order valence-corrected chi connectivity index (χ4v) is 2.35. The molecule has 0 aliphatic carbocycles. The van der Waals surface area contributed by atoms with E-state index in [0.717, 1.165) is 11.0 Å². The van der Waals surface area contributed by atoms with E-state index in [1.54, 1.807) is 24.3 Å². The van der Waals surface area contributed by atoms with Crippen LogP contribution >= 0.6 is 11.6 Å². The van der Waals surface area contributed by atoms with Crippen molar-refractivity contribution in [3.05, 3.63) is 45.8 Å². The van der Waals surface area contributed by atoms with Crippen LogP contribution in [0.5, 0.6) is 0 Å². The number of rotatable bonds is 6. The van der Waals surface area contributed by atoms with Gasteiger partial charge >= 0.3 is 5.97 Å². The number of carboxylic acid groups (broad SMARTS) is 1. The van der Waals surface area contributed by atoms with Crippen LogP contribution in [0.25, 0.3) is 11.3 Å². The Morgan fingerprint density at radius 1 is 1.36 bits per heavy atom. The van der Waals surface area contributed by atoms with Crippen molar-refractivity contribution in [1.29, 1.82) is 0 Å². The monoisotopic (exact) mass is 321 g/mol. The van der Waals surface area contributed by atoms with E-state index in [1.807, 2.05) is 13.0 Å². The molecule has 2 aromatic rings. The number of hydrogen-bond donors (Lipinski definition) is 2. The third-order valence-electron chi connectivity index (χ3n) is 3.01. The maximum Gasteiger partial charge on any atom is 0.323 e. The first kappa shape index (κ1) is 16.0. The largest absolute Gasteiger partial charge is 0.480 e. The molecule has 1 aromatic carbocycles. The lowest BCUT2D eigenvalue weighted by Crippen LogP contribution is -2.29. The van der Waals surface area contributed by atoms with Crippen molar-refractivity contribution in [2.75, 3.05) is 11.9 Å². The van der Waals surface area contributed by atoms with E-state index in [9.17, 15) is 9.59 Å². The normalized spacial score (nSPS) is 10.5. The minimum Gasteiger partial charge on any atom is -0.480 e. The number of aromatic nitrogens is 2. The topological polar surface area (TPSA) is 84.2 Å². The fourth-order valence-electron chi connectivity index (χ4n) is 2.06. The summed E-state index contributed by atoms with van der Waals surface area (Å²) in [7, 11) is 0. The first-order valence-corrected chi connectivity index (χ1v) is 7.23. The van der Waals surface area contributed by atoms with Gasteiger partial charge in [-0.05, 0) is 6.42 Å². The molecular formula is C15H16ClN3O3. The average molecular weight is 322 g/mol. The Morgan fingerprint density at radius 3 is 2.64 bits per heavy atom. The minimum absolute atomic E-state index is 0.0628. The molecule has 22 heavy (non-hydrogen) atoms.